The monoisotopic (exact) mass is 256 g/mol. The van der Waals surface area contributed by atoms with E-state index >= 15 is 0 Å². The maximum Gasteiger partial charge on any atom is 0.123 e. The summed E-state index contributed by atoms with van der Waals surface area (Å²) in [5.41, 5.74) is 8.06. The molecule has 19 heavy (non-hydrogen) atoms. The maximum atomic E-state index is 5.65. The molecular formula is C15H20N4. The predicted octanol–water partition coefficient (Wildman–Crippen LogP) is 3.21. The maximum absolute atomic E-state index is 5.65. The van der Waals surface area contributed by atoms with Gasteiger partial charge in [-0.05, 0) is 31.9 Å². The summed E-state index contributed by atoms with van der Waals surface area (Å²) in [6.45, 7) is 2.34. The van der Waals surface area contributed by atoms with Gasteiger partial charge in [0.25, 0.3) is 0 Å². The quantitative estimate of drug-likeness (QED) is 0.897. The fourth-order valence-corrected chi connectivity index (χ4v) is 3.05. The highest BCUT2D eigenvalue weighted by Crippen LogP contribution is 2.37. The first kappa shape index (κ1) is 12.2. The lowest BCUT2D eigenvalue weighted by Gasteiger charge is -2.36. The molecule has 0 amide bonds. The van der Waals surface area contributed by atoms with Gasteiger partial charge in [-0.25, -0.2) is 9.97 Å². The topological polar surface area (TPSA) is 56.7 Å². The number of nitrogens with two attached hydrogens (primary N) is 1. The molecule has 0 atom stereocenters. The highest BCUT2D eigenvalue weighted by atomic mass is 15.1. The minimum absolute atomic E-state index is 0.186. The highest BCUT2D eigenvalue weighted by molar-refractivity contribution is 5.59. The number of rotatable bonds is 2. The minimum Gasteiger partial charge on any atom is -0.384 e. The van der Waals surface area contributed by atoms with Crippen LogP contribution in [0.15, 0.2) is 30.9 Å². The van der Waals surface area contributed by atoms with Gasteiger partial charge in [-0.3, -0.25) is 0 Å². The third-order valence-electron chi connectivity index (χ3n) is 4.23. The van der Waals surface area contributed by atoms with Crippen LogP contribution in [0.3, 0.4) is 0 Å². The van der Waals surface area contributed by atoms with Crippen LogP contribution in [0, 0.1) is 0 Å². The van der Waals surface area contributed by atoms with Crippen molar-refractivity contribution in [1.82, 2.24) is 14.5 Å². The van der Waals surface area contributed by atoms with Gasteiger partial charge in [-0.15, -0.1) is 0 Å². The van der Waals surface area contributed by atoms with Crippen molar-refractivity contribution in [3.8, 4) is 11.3 Å². The molecule has 2 heterocycles. The Bertz CT molecular complexity index is 550. The number of pyridine rings is 1. The Hall–Kier alpha value is -1.84. The summed E-state index contributed by atoms with van der Waals surface area (Å²) in [6.07, 6.45) is 12.1. The van der Waals surface area contributed by atoms with Crippen molar-refractivity contribution in [2.45, 2.75) is 44.6 Å². The van der Waals surface area contributed by atoms with Crippen LogP contribution < -0.4 is 5.73 Å². The number of nitrogen functional groups attached to an aromatic ring is 1. The molecule has 2 N–H and O–H groups in total. The molecule has 100 valence electrons. The number of nitrogens with zero attached hydrogens (tertiary/aromatic N) is 3. The molecule has 0 saturated heterocycles. The molecule has 1 saturated carbocycles. The van der Waals surface area contributed by atoms with Crippen molar-refractivity contribution in [3.05, 3.63) is 30.9 Å². The summed E-state index contributed by atoms with van der Waals surface area (Å²) < 4.78 is 2.32. The first-order valence-corrected chi connectivity index (χ1v) is 6.94. The normalized spacial score (nSPS) is 18.4. The van der Waals surface area contributed by atoms with Gasteiger partial charge in [-0.2, -0.15) is 0 Å². The van der Waals surface area contributed by atoms with Crippen LogP contribution in [0.4, 0.5) is 5.82 Å². The first-order valence-electron chi connectivity index (χ1n) is 6.94. The van der Waals surface area contributed by atoms with Crippen molar-refractivity contribution in [3.63, 3.8) is 0 Å². The zero-order valence-corrected chi connectivity index (χ0v) is 11.3. The lowest BCUT2D eigenvalue weighted by Crippen LogP contribution is -2.32. The average Bonchev–Trinajstić information content (AvgIpc) is 2.90. The molecule has 4 nitrogen and oxygen atoms in total. The predicted molar refractivity (Wildman–Crippen MR) is 76.6 cm³/mol. The van der Waals surface area contributed by atoms with Crippen LogP contribution in [0.25, 0.3) is 11.3 Å². The molecule has 0 aromatic carbocycles. The van der Waals surface area contributed by atoms with Gasteiger partial charge in [0.1, 0.15) is 5.82 Å². The largest absolute Gasteiger partial charge is 0.384 e. The van der Waals surface area contributed by atoms with Crippen LogP contribution in [0.5, 0.6) is 0 Å². The van der Waals surface area contributed by atoms with E-state index in [0.717, 1.165) is 11.3 Å². The SMILES string of the molecule is CC1(n2cncc2-c2ccc(N)nc2)CCCCC1. The summed E-state index contributed by atoms with van der Waals surface area (Å²) in [6, 6.07) is 3.86. The standard InChI is InChI=1S/C15H20N4/c1-15(7-3-2-4-8-15)19-11-17-10-13(19)12-5-6-14(16)18-9-12/h5-6,9-11H,2-4,7-8H2,1H3,(H2,16,18). The summed E-state index contributed by atoms with van der Waals surface area (Å²) in [5.74, 6) is 0.554. The van der Waals surface area contributed by atoms with E-state index in [2.05, 4.69) is 21.5 Å². The lowest BCUT2D eigenvalue weighted by atomic mass is 9.83. The molecule has 0 radical (unpaired) electrons. The van der Waals surface area contributed by atoms with Gasteiger partial charge in [-0.1, -0.05) is 19.3 Å². The highest BCUT2D eigenvalue weighted by Gasteiger charge is 2.30. The number of hydrogen-bond donors (Lipinski definition) is 1. The van der Waals surface area contributed by atoms with Gasteiger partial charge in [0.2, 0.25) is 0 Å². The van der Waals surface area contributed by atoms with Crippen molar-refractivity contribution < 1.29 is 0 Å². The van der Waals surface area contributed by atoms with Crippen molar-refractivity contribution >= 4 is 5.82 Å². The number of imidazole rings is 1. The summed E-state index contributed by atoms with van der Waals surface area (Å²) >= 11 is 0. The van der Waals surface area contributed by atoms with Crippen LogP contribution >= 0.6 is 0 Å². The Balaban J connectivity index is 2.00. The van der Waals surface area contributed by atoms with E-state index in [9.17, 15) is 0 Å². The van der Waals surface area contributed by atoms with Gasteiger partial charge in [0, 0.05) is 17.3 Å². The molecule has 3 rings (SSSR count). The second-order valence-electron chi connectivity index (χ2n) is 5.68. The first-order chi connectivity index (χ1) is 9.19. The van der Waals surface area contributed by atoms with E-state index in [1.165, 1.54) is 32.1 Å². The minimum atomic E-state index is 0.186. The third-order valence-corrected chi connectivity index (χ3v) is 4.23. The lowest BCUT2D eigenvalue weighted by molar-refractivity contribution is 0.221. The van der Waals surface area contributed by atoms with Crippen molar-refractivity contribution in [2.24, 2.45) is 0 Å². The Morgan fingerprint density at radius 2 is 1.95 bits per heavy atom. The van der Waals surface area contributed by atoms with Crippen LogP contribution in [-0.2, 0) is 5.54 Å². The summed E-state index contributed by atoms with van der Waals surface area (Å²) in [5, 5.41) is 0. The number of anilines is 1. The zero-order chi connectivity index (χ0) is 13.3. The fraction of sp³-hybridized carbons (Fsp3) is 0.467. The van der Waals surface area contributed by atoms with E-state index in [-0.39, 0.29) is 5.54 Å². The van der Waals surface area contributed by atoms with Crippen LogP contribution in [-0.4, -0.2) is 14.5 Å². The molecule has 2 aromatic rings. The zero-order valence-electron chi connectivity index (χ0n) is 11.3. The molecule has 1 aliphatic rings. The summed E-state index contributed by atoms with van der Waals surface area (Å²) in [4.78, 5) is 8.53. The number of aromatic nitrogens is 3. The molecule has 0 bridgehead atoms. The van der Waals surface area contributed by atoms with Gasteiger partial charge in [0.15, 0.2) is 0 Å². The Labute approximate surface area is 113 Å². The average molecular weight is 256 g/mol. The molecular weight excluding hydrogens is 236 g/mol. The van der Waals surface area contributed by atoms with Crippen molar-refractivity contribution in [2.75, 3.05) is 5.73 Å². The molecule has 1 fully saturated rings. The van der Waals surface area contributed by atoms with Gasteiger partial charge < -0.3 is 10.3 Å². The third kappa shape index (κ3) is 2.23. The van der Waals surface area contributed by atoms with E-state index in [1.54, 1.807) is 0 Å². The smallest absolute Gasteiger partial charge is 0.123 e. The van der Waals surface area contributed by atoms with Gasteiger partial charge in [0.05, 0.1) is 18.2 Å². The Kier molecular flexibility index (Phi) is 3.01. The Morgan fingerprint density at radius 3 is 2.63 bits per heavy atom. The van der Waals surface area contributed by atoms with Gasteiger partial charge >= 0.3 is 0 Å². The number of hydrogen-bond acceptors (Lipinski definition) is 3. The van der Waals surface area contributed by atoms with Crippen molar-refractivity contribution in [1.29, 1.82) is 0 Å². The van der Waals surface area contributed by atoms with E-state index in [0.29, 0.717) is 5.82 Å². The second-order valence-corrected chi connectivity index (χ2v) is 5.68. The fourth-order valence-electron chi connectivity index (χ4n) is 3.05. The second kappa shape index (κ2) is 4.68. The summed E-state index contributed by atoms with van der Waals surface area (Å²) in [7, 11) is 0. The van der Waals surface area contributed by atoms with Crippen LogP contribution in [0.2, 0.25) is 0 Å². The van der Waals surface area contributed by atoms with Crippen LogP contribution in [0.1, 0.15) is 39.0 Å². The molecule has 2 aromatic heterocycles. The van der Waals surface area contributed by atoms with E-state index in [4.69, 9.17) is 5.73 Å². The Morgan fingerprint density at radius 1 is 1.16 bits per heavy atom. The van der Waals surface area contributed by atoms with E-state index < -0.39 is 0 Å². The molecule has 4 heteroatoms. The molecule has 0 aliphatic heterocycles. The van der Waals surface area contributed by atoms with E-state index in [1.807, 2.05) is 30.9 Å². The molecule has 0 unspecified atom stereocenters. The molecule has 1 aliphatic carbocycles. The molecule has 0 spiro atoms.